The first-order chi connectivity index (χ1) is 12.0. The Hall–Kier alpha value is -2.72. The first-order valence-electron chi connectivity index (χ1n) is 7.47. The zero-order valence-electron chi connectivity index (χ0n) is 12.9. The van der Waals surface area contributed by atoms with E-state index >= 15 is 0 Å². The summed E-state index contributed by atoms with van der Waals surface area (Å²) in [7, 11) is 0. The molecule has 1 atom stereocenters. The summed E-state index contributed by atoms with van der Waals surface area (Å²) in [6.45, 7) is 0.556. The topological polar surface area (TPSA) is 118 Å². The maximum atomic E-state index is 12.4. The van der Waals surface area contributed by atoms with E-state index < -0.39 is 28.7 Å². The molecule has 0 aliphatic carbocycles. The molecular weight excluding hydrogens is 350 g/mol. The maximum absolute atomic E-state index is 12.4. The zero-order valence-corrected chi connectivity index (χ0v) is 13.8. The Morgan fingerprint density at radius 3 is 2.60 bits per heavy atom. The number of hydrogen-bond donors (Lipinski definition) is 2. The molecule has 3 rings (SSSR count). The number of carbonyl (C=O) groups is 1. The van der Waals surface area contributed by atoms with Crippen molar-refractivity contribution in [1.82, 2.24) is 9.04 Å². The van der Waals surface area contributed by atoms with E-state index in [1.165, 1.54) is 18.2 Å². The molecule has 1 aromatic carbocycles. The van der Waals surface area contributed by atoms with Crippen molar-refractivity contribution >= 4 is 23.6 Å². The van der Waals surface area contributed by atoms with Gasteiger partial charge in [0.25, 0.3) is 5.69 Å². The third-order valence-electron chi connectivity index (χ3n) is 3.73. The van der Waals surface area contributed by atoms with Gasteiger partial charge in [0.1, 0.15) is 10.9 Å². The molecule has 25 heavy (non-hydrogen) atoms. The number of para-hydroxylation sites is 1. The molecule has 10 heteroatoms. The second kappa shape index (κ2) is 7.03. The molecule has 1 aliphatic rings. The lowest BCUT2D eigenvalue weighted by Gasteiger charge is -2.21. The van der Waals surface area contributed by atoms with Crippen LogP contribution in [0.5, 0.6) is 11.8 Å². The third-order valence-corrected chi connectivity index (χ3v) is 4.95. The van der Waals surface area contributed by atoms with Crippen LogP contribution in [0.1, 0.15) is 12.8 Å². The van der Waals surface area contributed by atoms with Crippen LogP contribution in [0.3, 0.4) is 0 Å². The molecule has 1 aliphatic heterocycles. The van der Waals surface area contributed by atoms with Crippen LogP contribution in [0, 0.1) is 10.1 Å². The molecule has 0 amide bonds. The Kier molecular flexibility index (Phi) is 4.81. The van der Waals surface area contributed by atoms with Gasteiger partial charge in [-0.05, 0) is 30.9 Å². The minimum atomic E-state index is -0.662. The van der Waals surface area contributed by atoms with Crippen LogP contribution in [-0.2, 0) is 4.79 Å². The summed E-state index contributed by atoms with van der Waals surface area (Å²) < 4.78 is 2.34. The van der Waals surface area contributed by atoms with Gasteiger partial charge in [-0.1, -0.05) is 12.1 Å². The van der Waals surface area contributed by atoms with E-state index in [9.17, 15) is 25.1 Å². The van der Waals surface area contributed by atoms with E-state index in [1.54, 1.807) is 22.5 Å². The summed E-state index contributed by atoms with van der Waals surface area (Å²) in [5.74, 6) is -1.46. The SMILES string of the molecule is O=C(On1c(O)ccc1O)[C@@H]1CCCN1Sc1ccccc1[N+](=O)[O-]. The highest BCUT2D eigenvalue weighted by Gasteiger charge is 2.35. The van der Waals surface area contributed by atoms with Crippen molar-refractivity contribution in [1.29, 1.82) is 0 Å². The highest BCUT2D eigenvalue weighted by atomic mass is 32.2. The molecule has 0 radical (unpaired) electrons. The number of hydrogen-bond acceptors (Lipinski definition) is 8. The maximum Gasteiger partial charge on any atom is 0.351 e. The Morgan fingerprint density at radius 1 is 1.24 bits per heavy atom. The highest BCUT2D eigenvalue weighted by molar-refractivity contribution is 7.97. The quantitative estimate of drug-likeness (QED) is 0.469. The van der Waals surface area contributed by atoms with E-state index in [2.05, 4.69) is 0 Å². The first kappa shape index (κ1) is 17.1. The molecule has 0 spiro atoms. The summed E-state index contributed by atoms with van der Waals surface area (Å²) in [6, 6.07) is 8.03. The fraction of sp³-hybridized carbons (Fsp3) is 0.267. The van der Waals surface area contributed by atoms with Gasteiger partial charge in [-0.2, -0.15) is 0 Å². The van der Waals surface area contributed by atoms with Crippen LogP contribution >= 0.6 is 11.9 Å². The Bertz CT molecular complexity index is 789. The molecule has 0 bridgehead atoms. The third kappa shape index (κ3) is 3.54. The van der Waals surface area contributed by atoms with Crippen LogP contribution in [-0.4, -0.2) is 42.7 Å². The summed E-state index contributed by atoms with van der Waals surface area (Å²) >= 11 is 1.12. The number of benzene rings is 1. The van der Waals surface area contributed by atoms with Crippen LogP contribution in [0.25, 0.3) is 0 Å². The molecule has 0 saturated carbocycles. The van der Waals surface area contributed by atoms with Gasteiger partial charge in [0.15, 0.2) is 0 Å². The van der Waals surface area contributed by atoms with E-state index in [1.807, 2.05) is 0 Å². The standard InChI is InChI=1S/C15H15N3O6S/c19-13-7-8-14(20)17(13)24-15(21)11-5-3-9-16(11)25-12-6-2-1-4-10(12)18(22)23/h1-2,4,6-8,11,19-20H,3,5,9H2/t11-/m0/s1. The Balaban J connectivity index is 1.75. The predicted octanol–water partition coefficient (Wildman–Crippen LogP) is 1.93. The van der Waals surface area contributed by atoms with Gasteiger partial charge < -0.3 is 15.1 Å². The van der Waals surface area contributed by atoms with Crippen molar-refractivity contribution in [2.45, 2.75) is 23.8 Å². The monoisotopic (exact) mass is 365 g/mol. The molecule has 0 unspecified atom stereocenters. The molecular formula is C15H15N3O6S. The van der Waals surface area contributed by atoms with Gasteiger partial charge in [-0.3, -0.25) is 10.1 Å². The predicted molar refractivity (Wildman–Crippen MR) is 88.0 cm³/mol. The minimum Gasteiger partial charge on any atom is -0.492 e. The van der Waals surface area contributed by atoms with Gasteiger partial charge in [-0.15, -0.1) is 4.73 Å². The van der Waals surface area contributed by atoms with Gasteiger partial charge in [0.05, 0.1) is 4.92 Å². The van der Waals surface area contributed by atoms with Crippen LogP contribution in [0.15, 0.2) is 41.3 Å². The average molecular weight is 365 g/mol. The van der Waals surface area contributed by atoms with Crippen molar-refractivity contribution in [3.05, 3.63) is 46.5 Å². The van der Waals surface area contributed by atoms with Crippen molar-refractivity contribution in [2.24, 2.45) is 0 Å². The van der Waals surface area contributed by atoms with Gasteiger partial charge >= 0.3 is 5.97 Å². The number of rotatable bonds is 5. The van der Waals surface area contributed by atoms with Crippen LogP contribution in [0.4, 0.5) is 5.69 Å². The summed E-state index contributed by atoms with van der Waals surface area (Å²) in [5.41, 5.74) is -0.0350. The van der Waals surface area contributed by atoms with E-state index in [0.717, 1.165) is 18.4 Å². The molecule has 132 valence electrons. The molecule has 1 fully saturated rings. The molecule has 2 heterocycles. The zero-order chi connectivity index (χ0) is 18.0. The van der Waals surface area contributed by atoms with Gasteiger partial charge in [-0.25, -0.2) is 9.10 Å². The number of aromatic nitrogens is 1. The lowest BCUT2D eigenvalue weighted by molar-refractivity contribution is -0.387. The Labute approximate surface area is 146 Å². The summed E-state index contributed by atoms with van der Waals surface area (Å²) in [4.78, 5) is 28.5. The minimum absolute atomic E-state index is 0.0350. The van der Waals surface area contributed by atoms with Crippen molar-refractivity contribution < 1.29 is 24.8 Å². The first-order valence-corrected chi connectivity index (χ1v) is 8.24. The second-order valence-electron chi connectivity index (χ2n) is 5.37. The normalized spacial score (nSPS) is 17.5. The van der Waals surface area contributed by atoms with Gasteiger partial charge in [0.2, 0.25) is 11.8 Å². The van der Waals surface area contributed by atoms with E-state index in [0.29, 0.717) is 22.6 Å². The highest BCUT2D eigenvalue weighted by Crippen LogP contribution is 2.36. The fourth-order valence-corrected chi connectivity index (χ4v) is 3.71. The molecule has 1 aromatic heterocycles. The number of nitro groups is 1. The number of nitrogens with zero attached hydrogens (tertiary/aromatic N) is 3. The number of nitro benzene ring substituents is 1. The lowest BCUT2D eigenvalue weighted by atomic mass is 10.2. The number of aromatic hydroxyl groups is 2. The Morgan fingerprint density at radius 2 is 1.92 bits per heavy atom. The van der Waals surface area contributed by atoms with Crippen LogP contribution < -0.4 is 4.84 Å². The summed E-state index contributed by atoms with van der Waals surface area (Å²) in [6.07, 6.45) is 1.23. The lowest BCUT2D eigenvalue weighted by Crippen LogP contribution is -2.37. The molecule has 2 N–H and O–H groups in total. The molecule has 9 nitrogen and oxygen atoms in total. The largest absolute Gasteiger partial charge is 0.492 e. The second-order valence-corrected chi connectivity index (χ2v) is 6.46. The summed E-state index contributed by atoms with van der Waals surface area (Å²) in [5, 5.41) is 30.2. The average Bonchev–Trinajstić information content (AvgIpc) is 3.17. The van der Waals surface area contributed by atoms with Crippen molar-refractivity contribution in [2.75, 3.05) is 6.54 Å². The van der Waals surface area contributed by atoms with Crippen molar-refractivity contribution in [3.8, 4) is 11.8 Å². The van der Waals surface area contributed by atoms with Crippen molar-refractivity contribution in [3.63, 3.8) is 0 Å². The fourth-order valence-electron chi connectivity index (χ4n) is 2.54. The number of carbonyl (C=O) groups excluding carboxylic acids is 1. The molecule has 1 saturated heterocycles. The smallest absolute Gasteiger partial charge is 0.351 e. The molecule has 2 aromatic rings. The van der Waals surface area contributed by atoms with Crippen LogP contribution in [0.2, 0.25) is 0 Å². The van der Waals surface area contributed by atoms with E-state index in [-0.39, 0.29) is 5.69 Å². The van der Waals surface area contributed by atoms with Gasteiger partial charge in [0, 0.05) is 24.7 Å². The van der Waals surface area contributed by atoms with E-state index in [4.69, 9.17) is 4.84 Å².